The third kappa shape index (κ3) is 8.56. The van der Waals surface area contributed by atoms with Crippen molar-refractivity contribution in [1.82, 2.24) is 20.4 Å². The van der Waals surface area contributed by atoms with Crippen LogP contribution in [0.1, 0.15) is 46.4 Å². The van der Waals surface area contributed by atoms with Crippen molar-refractivity contribution in [2.75, 3.05) is 46.0 Å². The van der Waals surface area contributed by atoms with E-state index in [1.54, 1.807) is 18.2 Å². The van der Waals surface area contributed by atoms with Crippen molar-refractivity contribution in [3.63, 3.8) is 0 Å². The molecule has 2 aromatic carbocycles. The Hall–Kier alpha value is -2.92. The lowest BCUT2D eigenvalue weighted by Crippen LogP contribution is -2.43. The van der Waals surface area contributed by atoms with Crippen molar-refractivity contribution in [2.24, 2.45) is 0 Å². The minimum absolute atomic E-state index is 0.0222. The average molecular weight is 566 g/mol. The lowest BCUT2D eigenvalue weighted by atomic mass is 10.0. The quantitative estimate of drug-likeness (QED) is 0.285. The van der Waals surface area contributed by atoms with Crippen molar-refractivity contribution >= 4 is 46.4 Å². The number of nitrogens with one attached hydrogen (secondary N) is 2. The maximum Gasteiger partial charge on any atom is 0.287 e. The van der Waals surface area contributed by atoms with Crippen LogP contribution in [0.3, 0.4) is 0 Å². The Balaban J connectivity index is 0.000000212. The third-order valence-corrected chi connectivity index (χ3v) is 7.41. The fourth-order valence-electron chi connectivity index (χ4n) is 4.31. The molecule has 2 aromatic rings. The monoisotopic (exact) mass is 564 g/mol. The number of nitrogens with two attached hydrogens (primary N) is 1. The molecule has 0 saturated carbocycles. The highest BCUT2D eigenvalue weighted by atomic mass is 35.5. The molecule has 0 atom stereocenters. The van der Waals surface area contributed by atoms with Gasteiger partial charge in [-0.1, -0.05) is 23.2 Å². The molecule has 0 aliphatic carbocycles. The number of hydrogen-bond donors (Lipinski definition) is 3. The molecular formula is C26H34Cl2N6O4. The second-order valence-corrected chi connectivity index (χ2v) is 10.6. The number of nitrogens with zero attached hydrogens (tertiary/aromatic N) is 3. The van der Waals surface area contributed by atoms with E-state index in [2.05, 4.69) is 27.5 Å². The van der Waals surface area contributed by atoms with E-state index in [0.29, 0.717) is 21.8 Å². The topological polar surface area (TPSA) is 134 Å². The SMILES string of the molecule is CN1CCC(NC(=O)c2ccc(N)c(Cl)c2)CC1.CN1CCC(NC(=O)c2ccc([N+](=O)[O-])c(Cl)c2)CC1. The summed E-state index contributed by atoms with van der Waals surface area (Å²) in [7, 11) is 4.14. The molecule has 2 saturated heterocycles. The number of halogens is 2. The lowest BCUT2D eigenvalue weighted by molar-refractivity contribution is -0.384. The van der Waals surface area contributed by atoms with Crippen molar-refractivity contribution in [1.29, 1.82) is 0 Å². The van der Waals surface area contributed by atoms with Crippen molar-refractivity contribution in [2.45, 2.75) is 37.8 Å². The highest BCUT2D eigenvalue weighted by molar-refractivity contribution is 6.33. The summed E-state index contributed by atoms with van der Waals surface area (Å²) >= 11 is 11.7. The smallest absolute Gasteiger partial charge is 0.287 e. The zero-order valence-corrected chi connectivity index (χ0v) is 23.1. The Labute approximate surface area is 232 Å². The number of nitrogen functional groups attached to an aromatic ring is 1. The summed E-state index contributed by atoms with van der Waals surface area (Å²) in [5.74, 6) is -0.317. The van der Waals surface area contributed by atoms with Gasteiger partial charge in [0.05, 0.1) is 15.6 Å². The van der Waals surface area contributed by atoms with Crippen LogP contribution in [0.2, 0.25) is 10.0 Å². The van der Waals surface area contributed by atoms with Crippen LogP contribution in [0.5, 0.6) is 0 Å². The average Bonchev–Trinajstić information content (AvgIpc) is 2.88. The summed E-state index contributed by atoms with van der Waals surface area (Å²) in [5.41, 5.74) is 6.83. The van der Waals surface area contributed by atoms with Crippen LogP contribution in [0, 0.1) is 10.1 Å². The predicted octanol–water partition coefficient (Wildman–Crippen LogP) is 3.82. The van der Waals surface area contributed by atoms with Gasteiger partial charge in [-0.15, -0.1) is 0 Å². The number of nitro groups is 1. The van der Waals surface area contributed by atoms with E-state index >= 15 is 0 Å². The van der Waals surface area contributed by atoms with E-state index in [-0.39, 0.29) is 34.6 Å². The van der Waals surface area contributed by atoms with Crippen LogP contribution < -0.4 is 16.4 Å². The summed E-state index contributed by atoms with van der Waals surface area (Å²) in [6.45, 7) is 3.94. The molecule has 2 aliphatic rings. The Morgan fingerprint density at radius 3 is 1.66 bits per heavy atom. The molecule has 206 valence electrons. The molecule has 38 heavy (non-hydrogen) atoms. The van der Waals surface area contributed by atoms with Crippen molar-refractivity contribution < 1.29 is 14.5 Å². The standard InChI is InChI=1S/C13H16ClN3O3.C13H18ClN3O/c1-16-6-4-10(5-7-16)15-13(18)9-2-3-12(17(19)20)11(14)8-9;1-17-6-4-10(5-7-17)16-13(18)9-2-3-12(15)11(14)8-9/h2-3,8,10H,4-7H2,1H3,(H,15,18);2-3,8,10H,4-7,15H2,1H3,(H,16,18). The van der Waals surface area contributed by atoms with Gasteiger partial charge in [0.25, 0.3) is 17.5 Å². The Bertz CT molecular complexity index is 1150. The first-order valence-electron chi connectivity index (χ1n) is 12.5. The molecule has 12 heteroatoms. The summed E-state index contributed by atoms with van der Waals surface area (Å²) in [5, 5.41) is 17.0. The molecule has 0 spiro atoms. The second-order valence-electron chi connectivity index (χ2n) is 9.76. The van der Waals surface area contributed by atoms with E-state index in [1.165, 1.54) is 18.2 Å². The fraction of sp³-hybridized carbons (Fsp3) is 0.462. The number of amides is 2. The number of carbonyl (C=O) groups excluding carboxylic acids is 2. The molecule has 2 amide bonds. The highest BCUT2D eigenvalue weighted by Gasteiger charge is 2.21. The van der Waals surface area contributed by atoms with Crippen molar-refractivity contribution in [3.05, 3.63) is 67.7 Å². The molecular weight excluding hydrogens is 531 g/mol. The number of anilines is 1. The summed E-state index contributed by atoms with van der Waals surface area (Å²) < 4.78 is 0. The molecule has 2 fully saturated rings. The van der Waals surface area contributed by atoms with E-state index in [4.69, 9.17) is 28.9 Å². The Kier molecular flexibility index (Phi) is 10.7. The van der Waals surface area contributed by atoms with Crippen LogP contribution in [-0.4, -0.2) is 78.9 Å². The molecule has 0 unspecified atom stereocenters. The van der Waals surface area contributed by atoms with Gasteiger partial charge in [0, 0.05) is 29.3 Å². The first-order chi connectivity index (χ1) is 18.0. The largest absolute Gasteiger partial charge is 0.398 e. The normalized spacial score (nSPS) is 17.3. The predicted molar refractivity (Wildman–Crippen MR) is 150 cm³/mol. The number of piperidine rings is 2. The zero-order chi connectivity index (χ0) is 27.8. The Morgan fingerprint density at radius 2 is 1.26 bits per heavy atom. The van der Waals surface area contributed by atoms with E-state index in [1.807, 2.05) is 7.05 Å². The van der Waals surface area contributed by atoms with Gasteiger partial charge in [0.2, 0.25) is 0 Å². The number of rotatable bonds is 5. The number of carbonyl (C=O) groups is 2. The van der Waals surface area contributed by atoms with Gasteiger partial charge in [-0.25, -0.2) is 0 Å². The maximum atomic E-state index is 12.1. The molecule has 0 aromatic heterocycles. The third-order valence-electron chi connectivity index (χ3n) is 6.78. The maximum absolute atomic E-state index is 12.1. The van der Waals surface area contributed by atoms with Gasteiger partial charge in [-0.2, -0.15) is 0 Å². The van der Waals surface area contributed by atoms with E-state index in [9.17, 15) is 19.7 Å². The van der Waals surface area contributed by atoms with Crippen LogP contribution in [0.25, 0.3) is 0 Å². The second kappa shape index (κ2) is 13.7. The minimum atomic E-state index is -0.568. The summed E-state index contributed by atoms with van der Waals surface area (Å²) in [6.07, 6.45) is 3.79. The molecule has 2 aliphatic heterocycles. The molecule has 0 bridgehead atoms. The minimum Gasteiger partial charge on any atom is -0.398 e. The Morgan fingerprint density at radius 1 is 0.842 bits per heavy atom. The van der Waals surface area contributed by atoms with Crippen LogP contribution in [0.4, 0.5) is 11.4 Å². The van der Waals surface area contributed by atoms with Crippen molar-refractivity contribution in [3.8, 4) is 0 Å². The van der Waals surface area contributed by atoms with Gasteiger partial charge in [0.15, 0.2) is 0 Å². The summed E-state index contributed by atoms with van der Waals surface area (Å²) in [6, 6.07) is 9.39. The first-order valence-corrected chi connectivity index (χ1v) is 13.3. The van der Waals surface area contributed by atoms with Crippen LogP contribution in [0.15, 0.2) is 36.4 Å². The number of likely N-dealkylation sites (tertiary alicyclic amines) is 2. The molecule has 2 heterocycles. The highest BCUT2D eigenvalue weighted by Crippen LogP contribution is 2.25. The van der Waals surface area contributed by atoms with Crippen LogP contribution >= 0.6 is 23.2 Å². The number of hydrogen-bond acceptors (Lipinski definition) is 7. The molecule has 0 radical (unpaired) electrons. The number of benzene rings is 2. The van der Waals surface area contributed by atoms with E-state index in [0.717, 1.165) is 51.9 Å². The van der Waals surface area contributed by atoms with Gasteiger partial charge in [0.1, 0.15) is 5.02 Å². The lowest BCUT2D eigenvalue weighted by Gasteiger charge is -2.29. The molecule has 4 N–H and O–H groups in total. The molecule has 10 nitrogen and oxygen atoms in total. The van der Waals surface area contributed by atoms with Gasteiger partial charge in [-0.05, 0) is 96.3 Å². The van der Waals surface area contributed by atoms with Gasteiger partial charge in [-0.3, -0.25) is 19.7 Å². The van der Waals surface area contributed by atoms with Gasteiger partial charge >= 0.3 is 0 Å². The first kappa shape index (κ1) is 29.6. The molecule has 4 rings (SSSR count). The van der Waals surface area contributed by atoms with E-state index < -0.39 is 4.92 Å². The van der Waals surface area contributed by atoms with Crippen LogP contribution in [-0.2, 0) is 0 Å². The van der Waals surface area contributed by atoms with Gasteiger partial charge < -0.3 is 26.2 Å². The zero-order valence-electron chi connectivity index (χ0n) is 21.6. The fourth-order valence-corrected chi connectivity index (χ4v) is 4.74. The summed E-state index contributed by atoms with van der Waals surface area (Å²) in [4.78, 5) is 38.7. The number of nitro benzene ring substituents is 1.